The molecule has 0 aliphatic carbocycles. The number of hydrogen-bond acceptors (Lipinski definition) is 1. The average molecular weight is 180 g/mol. The Labute approximate surface area is 82.2 Å². The molecule has 66 valence electrons. The van der Waals surface area contributed by atoms with E-state index in [0.717, 1.165) is 22.0 Å². The minimum Gasteiger partial charge on any atom is -0.361 e. The molecule has 2 rings (SSSR count). The van der Waals surface area contributed by atoms with Crippen LogP contribution < -0.4 is 0 Å². The van der Waals surface area contributed by atoms with Crippen LogP contribution in [0.4, 0.5) is 0 Å². The molecule has 1 aromatic carbocycles. The van der Waals surface area contributed by atoms with Gasteiger partial charge in [-0.25, -0.2) is 0 Å². The van der Waals surface area contributed by atoms with Crippen molar-refractivity contribution in [2.45, 2.75) is 6.42 Å². The highest BCUT2D eigenvalue weighted by molar-refractivity contribution is 5.89. The molecule has 14 heavy (non-hydrogen) atoms. The first-order chi connectivity index (χ1) is 6.86. The summed E-state index contributed by atoms with van der Waals surface area (Å²) in [6, 6.07) is 7.87. The topological polar surface area (TPSA) is 39.6 Å². The Balaban J connectivity index is 2.77. The summed E-state index contributed by atoms with van der Waals surface area (Å²) in [6.45, 7) is 0. The van der Waals surface area contributed by atoms with Crippen molar-refractivity contribution in [3.8, 4) is 18.4 Å². The molecule has 0 aliphatic heterocycles. The van der Waals surface area contributed by atoms with Crippen LogP contribution >= 0.6 is 0 Å². The first-order valence-corrected chi connectivity index (χ1v) is 4.29. The molecule has 2 aromatic rings. The summed E-state index contributed by atoms with van der Waals surface area (Å²) < 4.78 is 0. The molecule has 2 heteroatoms. The van der Waals surface area contributed by atoms with E-state index in [1.54, 1.807) is 0 Å². The minimum atomic E-state index is 0.388. The predicted octanol–water partition coefficient (Wildman–Crippen LogP) is 2.22. The predicted molar refractivity (Wildman–Crippen MR) is 55.6 cm³/mol. The first kappa shape index (κ1) is 8.41. The zero-order valence-electron chi connectivity index (χ0n) is 7.54. The van der Waals surface area contributed by atoms with E-state index < -0.39 is 0 Å². The lowest BCUT2D eigenvalue weighted by Gasteiger charge is -1.96. The second-order valence-corrected chi connectivity index (χ2v) is 3.02. The Morgan fingerprint density at radius 2 is 2.29 bits per heavy atom. The molecule has 2 nitrogen and oxygen atoms in total. The lowest BCUT2D eigenvalue weighted by atomic mass is 10.1. The molecule has 1 heterocycles. The summed E-state index contributed by atoms with van der Waals surface area (Å²) in [6.07, 6.45) is 7.62. The largest absolute Gasteiger partial charge is 0.361 e. The summed E-state index contributed by atoms with van der Waals surface area (Å²) in [4.78, 5) is 3.10. The van der Waals surface area contributed by atoms with Crippen molar-refractivity contribution in [1.82, 2.24) is 4.98 Å². The molecule has 0 bridgehead atoms. The molecule has 0 aliphatic rings. The molecular formula is C12H8N2. The van der Waals surface area contributed by atoms with Gasteiger partial charge in [-0.1, -0.05) is 12.0 Å². The highest BCUT2D eigenvalue weighted by Gasteiger charge is 2.05. The van der Waals surface area contributed by atoms with Crippen molar-refractivity contribution in [2.24, 2.45) is 0 Å². The first-order valence-electron chi connectivity index (χ1n) is 4.29. The number of H-pyrrole nitrogens is 1. The zero-order valence-corrected chi connectivity index (χ0v) is 7.54. The van der Waals surface area contributed by atoms with Gasteiger partial charge in [0.15, 0.2) is 0 Å². The molecule has 1 N–H and O–H groups in total. The van der Waals surface area contributed by atoms with Gasteiger partial charge in [0.25, 0.3) is 0 Å². The van der Waals surface area contributed by atoms with E-state index in [1.165, 1.54) is 0 Å². The highest BCUT2D eigenvalue weighted by atomic mass is 14.7. The number of nitriles is 1. The number of benzene rings is 1. The van der Waals surface area contributed by atoms with Crippen molar-refractivity contribution in [3.05, 3.63) is 35.5 Å². The normalized spacial score (nSPS) is 9.57. The molecule has 0 radical (unpaired) electrons. The molecule has 0 fully saturated rings. The van der Waals surface area contributed by atoms with Crippen LogP contribution in [0.3, 0.4) is 0 Å². The number of aromatic amines is 1. The number of rotatable bonds is 1. The number of nitrogens with one attached hydrogen (secondary N) is 1. The van der Waals surface area contributed by atoms with E-state index >= 15 is 0 Å². The zero-order chi connectivity index (χ0) is 9.97. The van der Waals surface area contributed by atoms with Gasteiger partial charge in [0, 0.05) is 22.7 Å². The minimum absolute atomic E-state index is 0.388. The number of aromatic nitrogens is 1. The summed E-state index contributed by atoms with van der Waals surface area (Å²) in [5.41, 5.74) is 2.80. The fourth-order valence-corrected chi connectivity index (χ4v) is 1.60. The SMILES string of the molecule is C#Cc1cccc2[nH]cc(CC#N)c12. The smallest absolute Gasteiger partial charge is 0.0670 e. The fraction of sp³-hybridized carbons (Fsp3) is 0.0833. The highest BCUT2D eigenvalue weighted by Crippen LogP contribution is 2.22. The van der Waals surface area contributed by atoms with Gasteiger partial charge in [-0.2, -0.15) is 5.26 Å². The van der Waals surface area contributed by atoms with Crippen LogP contribution in [0.1, 0.15) is 11.1 Å². The van der Waals surface area contributed by atoms with E-state index in [4.69, 9.17) is 11.7 Å². The third kappa shape index (κ3) is 1.14. The maximum atomic E-state index is 8.65. The van der Waals surface area contributed by atoms with Gasteiger partial charge in [0.2, 0.25) is 0 Å². The van der Waals surface area contributed by atoms with Crippen LogP contribution in [-0.2, 0) is 6.42 Å². The number of terminal acetylenes is 1. The fourth-order valence-electron chi connectivity index (χ4n) is 1.60. The Kier molecular flexibility index (Phi) is 1.97. The Hall–Kier alpha value is -2.19. The monoisotopic (exact) mass is 180 g/mol. The molecule has 0 saturated heterocycles. The summed E-state index contributed by atoms with van der Waals surface area (Å²) in [5.74, 6) is 2.63. The van der Waals surface area contributed by atoms with Crippen LogP contribution in [0.5, 0.6) is 0 Å². The molecule has 0 unspecified atom stereocenters. The van der Waals surface area contributed by atoms with Gasteiger partial charge < -0.3 is 4.98 Å². The number of hydrogen-bond donors (Lipinski definition) is 1. The molecule has 0 spiro atoms. The Bertz CT molecular complexity index is 550. The quantitative estimate of drug-likeness (QED) is 0.671. The van der Waals surface area contributed by atoms with Crippen LogP contribution in [0.15, 0.2) is 24.4 Å². The van der Waals surface area contributed by atoms with Crippen molar-refractivity contribution in [2.75, 3.05) is 0 Å². The summed E-state index contributed by atoms with van der Waals surface area (Å²) in [7, 11) is 0. The van der Waals surface area contributed by atoms with Crippen molar-refractivity contribution in [1.29, 1.82) is 5.26 Å². The number of nitrogens with zero attached hydrogens (tertiary/aromatic N) is 1. The Morgan fingerprint density at radius 3 is 3.00 bits per heavy atom. The maximum Gasteiger partial charge on any atom is 0.0670 e. The maximum absolute atomic E-state index is 8.65. The third-order valence-electron chi connectivity index (χ3n) is 2.21. The van der Waals surface area contributed by atoms with Gasteiger partial charge in [-0.15, -0.1) is 6.42 Å². The van der Waals surface area contributed by atoms with Gasteiger partial charge >= 0.3 is 0 Å². The van der Waals surface area contributed by atoms with E-state index in [1.807, 2.05) is 24.4 Å². The van der Waals surface area contributed by atoms with Crippen molar-refractivity contribution in [3.63, 3.8) is 0 Å². The number of fused-ring (bicyclic) bond motifs is 1. The molecular weight excluding hydrogens is 172 g/mol. The molecule has 0 saturated carbocycles. The lowest BCUT2D eigenvalue weighted by molar-refractivity contribution is 1.27. The van der Waals surface area contributed by atoms with Gasteiger partial charge in [0.1, 0.15) is 0 Å². The standard InChI is InChI=1S/C12H8N2/c1-2-9-4-3-5-11-12(9)10(6-7-13)8-14-11/h1,3-5,8,14H,6H2. The third-order valence-corrected chi connectivity index (χ3v) is 2.21. The average Bonchev–Trinajstić information content (AvgIpc) is 2.62. The van der Waals surface area contributed by atoms with Crippen LogP contribution in [-0.4, -0.2) is 4.98 Å². The molecule has 0 atom stereocenters. The van der Waals surface area contributed by atoms with Crippen LogP contribution in [0, 0.1) is 23.7 Å². The summed E-state index contributed by atoms with van der Waals surface area (Å²) >= 11 is 0. The lowest BCUT2D eigenvalue weighted by Crippen LogP contribution is -1.81. The van der Waals surface area contributed by atoms with E-state index in [2.05, 4.69) is 17.0 Å². The van der Waals surface area contributed by atoms with E-state index in [-0.39, 0.29) is 0 Å². The van der Waals surface area contributed by atoms with Crippen molar-refractivity contribution < 1.29 is 0 Å². The van der Waals surface area contributed by atoms with Gasteiger partial charge in [0.05, 0.1) is 12.5 Å². The van der Waals surface area contributed by atoms with Crippen LogP contribution in [0.2, 0.25) is 0 Å². The second-order valence-electron chi connectivity index (χ2n) is 3.02. The second kappa shape index (κ2) is 3.28. The van der Waals surface area contributed by atoms with Crippen molar-refractivity contribution >= 4 is 10.9 Å². The molecule has 1 aromatic heterocycles. The van der Waals surface area contributed by atoms with Gasteiger partial charge in [-0.3, -0.25) is 0 Å². The van der Waals surface area contributed by atoms with Crippen LogP contribution in [0.25, 0.3) is 10.9 Å². The van der Waals surface area contributed by atoms with Gasteiger partial charge in [-0.05, 0) is 17.7 Å². The van der Waals surface area contributed by atoms with E-state index in [9.17, 15) is 0 Å². The molecule has 0 amide bonds. The van der Waals surface area contributed by atoms with E-state index in [0.29, 0.717) is 6.42 Å². The Morgan fingerprint density at radius 1 is 1.43 bits per heavy atom. The summed E-state index contributed by atoms with van der Waals surface area (Å²) in [5, 5.41) is 9.64.